The Balaban J connectivity index is 1.26. The number of aliphatic hydroxyl groups is 1. The van der Waals surface area contributed by atoms with Gasteiger partial charge in [-0.1, -0.05) is 36.4 Å². The maximum atomic E-state index is 13.6. The summed E-state index contributed by atoms with van der Waals surface area (Å²) in [7, 11) is 3.60. The van der Waals surface area contributed by atoms with E-state index < -0.39 is 35.2 Å². The minimum atomic E-state index is -1.14. The van der Waals surface area contributed by atoms with E-state index in [-0.39, 0.29) is 43.5 Å². The summed E-state index contributed by atoms with van der Waals surface area (Å²) in [6.45, 7) is 2.19. The van der Waals surface area contributed by atoms with E-state index in [1.165, 1.54) is 6.92 Å². The van der Waals surface area contributed by atoms with Crippen molar-refractivity contribution >= 4 is 17.8 Å². The fraction of sp³-hybridized carbons (Fsp3) is 0.469. The summed E-state index contributed by atoms with van der Waals surface area (Å²) >= 11 is 0. The van der Waals surface area contributed by atoms with Crippen LogP contribution in [0, 0.1) is 0 Å². The minimum Gasteiger partial charge on any atom is -0.493 e. The van der Waals surface area contributed by atoms with E-state index in [1.807, 2.05) is 49.5 Å². The molecule has 10 heteroatoms. The molecule has 0 aromatic heterocycles. The Bertz CT molecular complexity index is 1440. The number of benzene rings is 2. The Hall–Kier alpha value is -3.89. The van der Waals surface area contributed by atoms with Gasteiger partial charge in [0.25, 0.3) is 0 Å². The topological polar surface area (TPSA) is 124 Å². The summed E-state index contributed by atoms with van der Waals surface area (Å²) in [5.74, 6) is 0.562. The van der Waals surface area contributed by atoms with E-state index >= 15 is 0 Å². The van der Waals surface area contributed by atoms with Crippen LogP contribution in [0.25, 0.3) is 0 Å². The van der Waals surface area contributed by atoms with Crippen molar-refractivity contribution in [2.75, 3.05) is 20.7 Å². The van der Waals surface area contributed by atoms with Crippen LogP contribution in [0.5, 0.6) is 11.5 Å². The molecule has 0 saturated carbocycles. The highest BCUT2D eigenvalue weighted by Crippen LogP contribution is 2.65. The largest absolute Gasteiger partial charge is 0.493 e. The Kier molecular flexibility index (Phi) is 7.22. The zero-order chi connectivity index (χ0) is 29.6. The Morgan fingerprint density at radius 1 is 1.19 bits per heavy atom. The number of ketones is 1. The van der Waals surface area contributed by atoms with Gasteiger partial charge in [0, 0.05) is 24.4 Å². The van der Waals surface area contributed by atoms with E-state index in [1.54, 1.807) is 13.2 Å². The maximum Gasteiger partial charge on any atom is 0.408 e. The molecule has 0 radical (unpaired) electrons. The number of carbonyl (C=O) groups is 3. The quantitative estimate of drug-likeness (QED) is 0.433. The number of ether oxygens (including phenoxy) is 4. The summed E-state index contributed by atoms with van der Waals surface area (Å²) in [5.41, 5.74) is 0.841. The molecule has 1 spiro atoms. The van der Waals surface area contributed by atoms with Gasteiger partial charge in [0.2, 0.25) is 0 Å². The van der Waals surface area contributed by atoms with Crippen molar-refractivity contribution in [3.05, 3.63) is 71.0 Å². The number of Topliss-reactive ketones (excluding diaryl/α,β-unsaturated/α-hetero) is 1. The number of amides is 1. The Morgan fingerprint density at radius 3 is 2.71 bits per heavy atom. The van der Waals surface area contributed by atoms with Crippen molar-refractivity contribution in [1.29, 1.82) is 0 Å². The van der Waals surface area contributed by atoms with E-state index in [0.717, 1.165) is 23.2 Å². The second-order valence-corrected chi connectivity index (χ2v) is 11.7. The van der Waals surface area contributed by atoms with Crippen LogP contribution in [0.3, 0.4) is 0 Å². The number of nitrogens with one attached hydrogen (secondary N) is 1. The molecule has 1 fully saturated rings. The highest BCUT2D eigenvalue weighted by molar-refractivity contribution is 5.83. The molecule has 2 bridgehead atoms. The van der Waals surface area contributed by atoms with Crippen LogP contribution < -0.4 is 14.8 Å². The number of esters is 1. The van der Waals surface area contributed by atoms with Crippen LogP contribution in [0.2, 0.25) is 0 Å². The molecule has 2 heterocycles. The summed E-state index contributed by atoms with van der Waals surface area (Å²) in [6, 6.07) is 11.8. The average molecular weight is 577 g/mol. The lowest BCUT2D eigenvalue weighted by Gasteiger charge is -2.61. The number of nitrogens with zero attached hydrogens (tertiary/aromatic N) is 1. The van der Waals surface area contributed by atoms with Crippen molar-refractivity contribution in [3.63, 3.8) is 0 Å². The molecule has 222 valence electrons. The number of rotatable bonds is 9. The first-order valence-electron chi connectivity index (χ1n) is 14.4. The summed E-state index contributed by atoms with van der Waals surface area (Å²) in [4.78, 5) is 40.2. The van der Waals surface area contributed by atoms with Crippen molar-refractivity contribution in [2.24, 2.45) is 0 Å². The zero-order valence-corrected chi connectivity index (χ0v) is 24.1. The molecule has 2 aromatic carbocycles. The molecule has 4 aliphatic rings. The van der Waals surface area contributed by atoms with Gasteiger partial charge in [-0.3, -0.25) is 0 Å². The van der Waals surface area contributed by atoms with Gasteiger partial charge in [0.1, 0.15) is 24.2 Å². The number of hydrogen-bond donors (Lipinski definition) is 2. The lowest BCUT2D eigenvalue weighted by molar-refractivity contribution is -0.170. The van der Waals surface area contributed by atoms with Crippen molar-refractivity contribution in [2.45, 2.75) is 74.8 Å². The molecule has 6 rings (SSSR count). The first-order chi connectivity index (χ1) is 20.2. The number of alkyl carbamates (subject to hydrolysis) is 1. The third-order valence-corrected chi connectivity index (χ3v) is 9.35. The molecule has 2 N–H and O–H groups in total. The van der Waals surface area contributed by atoms with E-state index in [9.17, 15) is 19.5 Å². The van der Waals surface area contributed by atoms with Gasteiger partial charge in [-0.05, 0) is 63.0 Å². The number of carbonyl (C=O) groups excluding carboxylic acids is 3. The molecule has 1 amide bonds. The lowest BCUT2D eigenvalue weighted by Crippen LogP contribution is -2.74. The van der Waals surface area contributed by atoms with E-state index in [4.69, 9.17) is 18.9 Å². The predicted octanol–water partition coefficient (Wildman–Crippen LogP) is 3.18. The van der Waals surface area contributed by atoms with Gasteiger partial charge in [-0.2, -0.15) is 0 Å². The van der Waals surface area contributed by atoms with Gasteiger partial charge < -0.3 is 39.1 Å². The highest BCUT2D eigenvalue weighted by atomic mass is 16.6. The standard InChI is InChI=1S/C32H36N2O8/c1-19(35)9-11-22(33-30(37)40-18-20-7-5-4-6-8-20)29(36)41-24-13-14-32(38)25-17-21-10-12-23(39-3)27-26(21)31(32,28(24)42-27)15-16-34(25)2/h4-8,10,12-13,22,25,28,38H,9,11,14-18H2,1-3H3,(H,33,37)/t22?,25-,28-,31-,32+/m0/s1. The highest BCUT2D eigenvalue weighted by Gasteiger charge is 2.72. The Morgan fingerprint density at radius 2 is 1.98 bits per heavy atom. The van der Waals surface area contributed by atoms with Crippen molar-refractivity contribution in [3.8, 4) is 11.5 Å². The third kappa shape index (κ3) is 4.44. The molecule has 42 heavy (non-hydrogen) atoms. The van der Waals surface area contributed by atoms with Crippen molar-refractivity contribution < 1.29 is 38.4 Å². The van der Waals surface area contributed by atoms with Gasteiger partial charge in [0.15, 0.2) is 17.6 Å². The molecule has 2 aliphatic heterocycles. The molecule has 2 aliphatic carbocycles. The van der Waals surface area contributed by atoms with Gasteiger partial charge in [-0.25, -0.2) is 9.59 Å². The summed E-state index contributed by atoms with van der Waals surface area (Å²) < 4.78 is 23.5. The smallest absolute Gasteiger partial charge is 0.408 e. The van der Waals surface area contributed by atoms with E-state index in [0.29, 0.717) is 24.3 Å². The normalized spacial score (nSPS) is 27.6. The summed E-state index contributed by atoms with van der Waals surface area (Å²) in [5, 5.41) is 14.9. The lowest BCUT2D eigenvalue weighted by atomic mass is 9.50. The average Bonchev–Trinajstić information content (AvgIpc) is 3.34. The first-order valence-corrected chi connectivity index (χ1v) is 14.4. The summed E-state index contributed by atoms with van der Waals surface area (Å²) in [6.07, 6.45) is 1.83. The SMILES string of the molecule is COc1ccc2c3c1O[C@H]1C(OC(=O)C(CCC(C)=O)NC(=O)OCc4ccccc4)=CC[C@@]4(O)[C@H](C2)N(C)CC[C@]314. The fourth-order valence-electron chi connectivity index (χ4n) is 7.28. The number of likely N-dealkylation sites (tertiary alicyclic amines) is 1. The third-order valence-electron chi connectivity index (χ3n) is 9.35. The minimum absolute atomic E-state index is 0.0291. The monoisotopic (exact) mass is 576 g/mol. The van der Waals surface area contributed by atoms with Crippen LogP contribution in [-0.4, -0.2) is 72.3 Å². The Labute approximate surface area is 244 Å². The second kappa shape index (κ2) is 10.7. The van der Waals surface area contributed by atoms with Gasteiger partial charge >= 0.3 is 12.1 Å². The number of methoxy groups -OCH3 is 1. The zero-order valence-electron chi connectivity index (χ0n) is 24.1. The molecule has 1 saturated heterocycles. The van der Waals surface area contributed by atoms with Gasteiger partial charge in [-0.15, -0.1) is 0 Å². The molecule has 1 unspecified atom stereocenters. The predicted molar refractivity (Wildman–Crippen MR) is 151 cm³/mol. The second-order valence-electron chi connectivity index (χ2n) is 11.7. The van der Waals surface area contributed by atoms with Crippen molar-refractivity contribution in [1.82, 2.24) is 10.2 Å². The fourth-order valence-corrected chi connectivity index (χ4v) is 7.28. The molecule has 2 aromatic rings. The van der Waals surface area contributed by atoms with Gasteiger partial charge in [0.05, 0.1) is 18.1 Å². The first kappa shape index (κ1) is 28.2. The van der Waals surface area contributed by atoms with Crippen LogP contribution in [0.1, 0.15) is 49.3 Å². The van der Waals surface area contributed by atoms with Crippen LogP contribution in [0.4, 0.5) is 4.79 Å². The molecular weight excluding hydrogens is 540 g/mol. The number of likely N-dealkylation sites (N-methyl/N-ethyl adjacent to an activating group) is 1. The van der Waals surface area contributed by atoms with Crippen LogP contribution in [-0.2, 0) is 37.5 Å². The number of hydrogen-bond acceptors (Lipinski definition) is 9. The van der Waals surface area contributed by atoms with Crippen LogP contribution >= 0.6 is 0 Å². The molecule has 10 nitrogen and oxygen atoms in total. The number of piperidine rings is 1. The van der Waals surface area contributed by atoms with E-state index in [2.05, 4.69) is 10.2 Å². The molecular formula is C32H36N2O8. The molecule has 5 atom stereocenters. The maximum absolute atomic E-state index is 13.6. The van der Waals surface area contributed by atoms with Crippen LogP contribution in [0.15, 0.2) is 54.3 Å².